The lowest BCUT2D eigenvalue weighted by atomic mass is 9.77. The van der Waals surface area contributed by atoms with Crippen LogP contribution in [0.2, 0.25) is 0 Å². The first-order valence-electron chi connectivity index (χ1n) is 16.0. The number of aryl methyl sites for hydroxylation is 2. The molecule has 0 fully saturated rings. The van der Waals surface area contributed by atoms with Crippen LogP contribution in [0.15, 0.2) is 24.3 Å². The van der Waals surface area contributed by atoms with Gasteiger partial charge in [-0.05, 0) is 94.5 Å². The van der Waals surface area contributed by atoms with Crippen LogP contribution >= 0.6 is 11.8 Å². The first kappa shape index (κ1) is 34.6. The van der Waals surface area contributed by atoms with Gasteiger partial charge >= 0.3 is 0 Å². The van der Waals surface area contributed by atoms with Crippen molar-refractivity contribution >= 4 is 11.8 Å². The van der Waals surface area contributed by atoms with Crippen molar-refractivity contribution in [2.24, 2.45) is 0 Å². The molecular weight excluding hydrogens is 508 g/mol. The number of hydrogen-bond acceptors (Lipinski definition) is 3. The van der Waals surface area contributed by atoms with E-state index in [0.29, 0.717) is 11.5 Å². The lowest BCUT2D eigenvalue weighted by Crippen LogP contribution is -2.16. The Morgan fingerprint density at radius 1 is 0.600 bits per heavy atom. The van der Waals surface area contributed by atoms with Gasteiger partial charge in [-0.25, -0.2) is 0 Å². The van der Waals surface area contributed by atoms with Gasteiger partial charge in [-0.2, -0.15) is 11.8 Å². The van der Waals surface area contributed by atoms with E-state index in [1.807, 2.05) is 12.1 Å². The van der Waals surface area contributed by atoms with Gasteiger partial charge in [0.05, 0.1) is 0 Å². The predicted molar refractivity (Wildman–Crippen MR) is 179 cm³/mol. The van der Waals surface area contributed by atoms with E-state index in [2.05, 4.69) is 86.2 Å². The maximum atomic E-state index is 10.8. The zero-order valence-corrected chi connectivity index (χ0v) is 28.2. The molecule has 226 valence electrons. The Balaban J connectivity index is 2.13. The second-order valence-electron chi connectivity index (χ2n) is 14.1. The molecule has 0 spiro atoms. The van der Waals surface area contributed by atoms with Gasteiger partial charge in [-0.1, -0.05) is 118 Å². The van der Waals surface area contributed by atoms with E-state index >= 15 is 0 Å². The van der Waals surface area contributed by atoms with E-state index in [-0.39, 0.29) is 16.7 Å². The molecule has 2 rings (SSSR count). The molecule has 2 N–H and O–H groups in total. The van der Waals surface area contributed by atoms with Gasteiger partial charge in [0.15, 0.2) is 0 Å². The lowest BCUT2D eigenvalue weighted by molar-refractivity contribution is 0.445. The molecule has 0 aliphatic heterocycles. The zero-order chi connectivity index (χ0) is 29.9. The molecular formula is C37H60O2S. The highest BCUT2D eigenvalue weighted by atomic mass is 32.2. The van der Waals surface area contributed by atoms with Crippen molar-refractivity contribution in [3.8, 4) is 11.5 Å². The Bertz CT molecular complexity index is 972. The Kier molecular flexibility index (Phi) is 14.0. The third-order valence-corrected chi connectivity index (χ3v) is 9.43. The highest BCUT2D eigenvalue weighted by molar-refractivity contribution is 7.99. The molecule has 0 radical (unpaired) electrons. The van der Waals surface area contributed by atoms with Crippen molar-refractivity contribution in [2.45, 2.75) is 150 Å². The second-order valence-corrected chi connectivity index (χ2v) is 15.3. The number of rotatable bonds is 16. The van der Waals surface area contributed by atoms with Crippen molar-refractivity contribution in [3.05, 3.63) is 57.6 Å². The van der Waals surface area contributed by atoms with Crippen LogP contribution < -0.4 is 0 Å². The molecule has 0 aromatic heterocycles. The molecule has 0 heterocycles. The van der Waals surface area contributed by atoms with Crippen LogP contribution in [0.3, 0.4) is 0 Å². The van der Waals surface area contributed by atoms with Crippen LogP contribution in [-0.2, 0) is 10.8 Å². The summed E-state index contributed by atoms with van der Waals surface area (Å²) in [7, 11) is 0. The topological polar surface area (TPSA) is 40.5 Å². The molecule has 0 unspecified atom stereocenters. The third kappa shape index (κ3) is 10.7. The fourth-order valence-corrected chi connectivity index (χ4v) is 6.86. The quantitative estimate of drug-likeness (QED) is 0.198. The number of thioether (sulfide) groups is 1. The molecule has 0 saturated heterocycles. The van der Waals surface area contributed by atoms with Crippen LogP contribution in [-0.4, -0.2) is 21.7 Å². The van der Waals surface area contributed by atoms with Gasteiger partial charge < -0.3 is 10.2 Å². The predicted octanol–water partition coefficient (Wildman–Crippen LogP) is 11.5. The summed E-state index contributed by atoms with van der Waals surface area (Å²) in [5, 5.41) is 21.6. The summed E-state index contributed by atoms with van der Waals surface area (Å²) in [6.07, 6.45) is 14.9. The molecule has 2 aromatic rings. The molecule has 0 bridgehead atoms. The second kappa shape index (κ2) is 16.1. The fraction of sp³-hybridized carbons (Fsp3) is 0.676. The summed E-state index contributed by atoms with van der Waals surface area (Å²) in [6.45, 7) is 19.6. The highest BCUT2D eigenvalue weighted by Crippen LogP contribution is 2.42. The third-order valence-electron chi connectivity index (χ3n) is 8.33. The zero-order valence-electron chi connectivity index (χ0n) is 27.4. The minimum absolute atomic E-state index is 0.137. The Labute approximate surface area is 251 Å². The maximum absolute atomic E-state index is 10.8. The van der Waals surface area contributed by atoms with Gasteiger partial charge in [0.25, 0.3) is 0 Å². The van der Waals surface area contributed by atoms with Crippen LogP contribution in [0.4, 0.5) is 0 Å². The monoisotopic (exact) mass is 568 g/mol. The molecule has 40 heavy (non-hydrogen) atoms. The molecule has 0 aliphatic carbocycles. The average Bonchev–Trinajstić information content (AvgIpc) is 2.84. The van der Waals surface area contributed by atoms with E-state index in [9.17, 15) is 10.2 Å². The normalized spacial score (nSPS) is 12.4. The Morgan fingerprint density at radius 3 is 1.40 bits per heavy atom. The van der Waals surface area contributed by atoms with Crippen LogP contribution in [0, 0.1) is 13.8 Å². The number of unbranched alkanes of at least 4 members (excludes halogenated alkanes) is 9. The number of hydrogen-bond donors (Lipinski definition) is 2. The Morgan fingerprint density at radius 2 is 1.00 bits per heavy atom. The molecule has 0 atom stereocenters. The van der Waals surface area contributed by atoms with E-state index in [0.717, 1.165) is 34.4 Å². The molecule has 2 aromatic carbocycles. The van der Waals surface area contributed by atoms with E-state index in [1.165, 1.54) is 81.1 Å². The van der Waals surface area contributed by atoms with Crippen molar-refractivity contribution in [1.82, 2.24) is 0 Å². The largest absolute Gasteiger partial charge is 0.508 e. The van der Waals surface area contributed by atoms with Crippen molar-refractivity contribution < 1.29 is 10.2 Å². The van der Waals surface area contributed by atoms with E-state index in [1.54, 1.807) is 0 Å². The number of phenolic OH excluding ortho intramolecular Hbond substituents is 2. The molecule has 2 nitrogen and oxygen atoms in total. The number of benzene rings is 2. The summed E-state index contributed by atoms with van der Waals surface area (Å²) in [4.78, 5) is 0. The summed E-state index contributed by atoms with van der Waals surface area (Å²) in [5.41, 5.74) is 6.61. The molecule has 0 saturated carbocycles. The van der Waals surface area contributed by atoms with Crippen molar-refractivity contribution in [1.29, 1.82) is 0 Å². The van der Waals surface area contributed by atoms with Gasteiger partial charge in [-0.3, -0.25) is 0 Å². The van der Waals surface area contributed by atoms with Gasteiger partial charge in [-0.15, -0.1) is 0 Å². The maximum Gasteiger partial charge on any atom is 0.119 e. The SMILES string of the molecule is CCCCCCCCCCCCSCCC(c1cc(C(C)(C)C)c(O)cc1C)c1cc(C(C)(C)C)c(O)cc1C. The van der Waals surface area contributed by atoms with Gasteiger partial charge in [0.2, 0.25) is 0 Å². The van der Waals surface area contributed by atoms with Gasteiger partial charge in [0, 0.05) is 5.92 Å². The summed E-state index contributed by atoms with van der Waals surface area (Å²) >= 11 is 2.09. The van der Waals surface area contributed by atoms with Crippen LogP contribution in [0.5, 0.6) is 11.5 Å². The van der Waals surface area contributed by atoms with Gasteiger partial charge in [0.1, 0.15) is 11.5 Å². The van der Waals surface area contributed by atoms with E-state index in [4.69, 9.17) is 0 Å². The van der Waals surface area contributed by atoms with Crippen molar-refractivity contribution in [2.75, 3.05) is 11.5 Å². The minimum Gasteiger partial charge on any atom is -0.508 e. The standard InChI is InChI=1S/C37H60O2S/c1-10-11-12-13-14-15-16-17-18-19-21-40-22-20-29(30-25-32(36(4,5)6)34(38)23-27(30)2)31-26-33(37(7,8)9)35(39)24-28(31)3/h23-26,29,38-39H,10-22H2,1-9H3. The Hall–Kier alpha value is -1.61. The lowest BCUT2D eigenvalue weighted by Gasteiger charge is -2.29. The smallest absolute Gasteiger partial charge is 0.119 e. The summed E-state index contributed by atoms with van der Waals surface area (Å²) in [6, 6.07) is 8.43. The number of aromatic hydroxyl groups is 2. The molecule has 0 amide bonds. The minimum atomic E-state index is -0.137. The van der Waals surface area contributed by atoms with E-state index < -0.39 is 0 Å². The first-order valence-corrected chi connectivity index (χ1v) is 17.2. The first-order chi connectivity index (χ1) is 18.8. The van der Waals surface area contributed by atoms with Crippen molar-refractivity contribution in [3.63, 3.8) is 0 Å². The highest BCUT2D eigenvalue weighted by Gasteiger charge is 2.27. The summed E-state index contributed by atoms with van der Waals surface area (Å²) < 4.78 is 0. The fourth-order valence-electron chi connectivity index (χ4n) is 5.84. The molecule has 3 heteroatoms. The van der Waals surface area contributed by atoms with Crippen LogP contribution in [0.1, 0.15) is 158 Å². The average molecular weight is 569 g/mol. The summed E-state index contributed by atoms with van der Waals surface area (Å²) in [5.74, 6) is 3.34. The number of phenols is 2. The van der Waals surface area contributed by atoms with Crippen LogP contribution in [0.25, 0.3) is 0 Å². The molecule has 0 aliphatic rings.